The molecule has 1 aromatic carbocycles. The summed E-state index contributed by atoms with van der Waals surface area (Å²) < 4.78 is 0. The van der Waals surface area contributed by atoms with Gasteiger partial charge < -0.3 is 14.9 Å². The van der Waals surface area contributed by atoms with E-state index in [1.165, 1.54) is 5.56 Å². The lowest BCUT2D eigenvalue weighted by atomic mass is 10.0. The van der Waals surface area contributed by atoms with Crippen LogP contribution in [-0.4, -0.2) is 42.0 Å². The second kappa shape index (κ2) is 4.85. The Hall–Kier alpha value is -1.39. The standard InChI is InChI=1S/C13H18N2O2/c1-14(2)8-13(17)10-3-4-11-6-15(9-16)7-12(11)5-10/h3-5,9,13,17H,6-8H2,1-2H3. The van der Waals surface area contributed by atoms with E-state index in [4.69, 9.17) is 0 Å². The summed E-state index contributed by atoms with van der Waals surface area (Å²) in [4.78, 5) is 14.4. The van der Waals surface area contributed by atoms with Gasteiger partial charge in [-0.2, -0.15) is 0 Å². The van der Waals surface area contributed by atoms with Crippen LogP contribution in [0.4, 0.5) is 0 Å². The van der Waals surface area contributed by atoms with Crippen LogP contribution in [0.5, 0.6) is 0 Å². The highest BCUT2D eigenvalue weighted by Crippen LogP contribution is 2.25. The van der Waals surface area contributed by atoms with Gasteiger partial charge in [0.1, 0.15) is 0 Å². The summed E-state index contributed by atoms with van der Waals surface area (Å²) in [7, 11) is 3.87. The molecule has 1 aliphatic heterocycles. The topological polar surface area (TPSA) is 43.8 Å². The molecule has 1 N–H and O–H groups in total. The summed E-state index contributed by atoms with van der Waals surface area (Å²) in [6.07, 6.45) is 0.399. The van der Waals surface area contributed by atoms with Gasteiger partial charge in [0.2, 0.25) is 6.41 Å². The third-order valence-electron chi connectivity index (χ3n) is 3.05. The van der Waals surface area contributed by atoms with Crippen molar-refractivity contribution in [2.45, 2.75) is 19.2 Å². The van der Waals surface area contributed by atoms with E-state index in [1.54, 1.807) is 4.90 Å². The fourth-order valence-corrected chi connectivity index (χ4v) is 2.17. The fourth-order valence-electron chi connectivity index (χ4n) is 2.17. The first-order valence-corrected chi connectivity index (χ1v) is 5.74. The molecule has 17 heavy (non-hydrogen) atoms. The first kappa shape index (κ1) is 12.1. The lowest BCUT2D eigenvalue weighted by Crippen LogP contribution is -2.20. The van der Waals surface area contributed by atoms with Crippen LogP contribution < -0.4 is 0 Å². The second-order valence-electron chi connectivity index (χ2n) is 4.82. The highest BCUT2D eigenvalue weighted by molar-refractivity contribution is 5.51. The molecule has 0 saturated carbocycles. The molecular formula is C13H18N2O2. The van der Waals surface area contributed by atoms with Crippen LogP contribution in [0.2, 0.25) is 0 Å². The molecule has 0 bridgehead atoms. The van der Waals surface area contributed by atoms with E-state index in [0.29, 0.717) is 19.6 Å². The maximum Gasteiger partial charge on any atom is 0.210 e. The van der Waals surface area contributed by atoms with Crippen LogP contribution in [0.3, 0.4) is 0 Å². The van der Waals surface area contributed by atoms with Crippen molar-refractivity contribution in [2.24, 2.45) is 0 Å². The number of nitrogens with zero attached hydrogens (tertiary/aromatic N) is 2. The third kappa shape index (κ3) is 2.65. The Balaban J connectivity index is 2.15. The Bertz CT molecular complexity index is 418. The molecule has 4 nitrogen and oxygen atoms in total. The average Bonchev–Trinajstić information content (AvgIpc) is 2.69. The second-order valence-corrected chi connectivity index (χ2v) is 4.82. The van der Waals surface area contributed by atoms with Crippen molar-refractivity contribution in [1.82, 2.24) is 9.80 Å². The SMILES string of the molecule is CN(C)CC(O)c1ccc2c(c1)CN(C=O)C2. The molecule has 0 aliphatic carbocycles. The van der Waals surface area contributed by atoms with Crippen LogP contribution in [0.25, 0.3) is 0 Å². The number of rotatable bonds is 4. The zero-order chi connectivity index (χ0) is 12.4. The van der Waals surface area contributed by atoms with E-state index in [9.17, 15) is 9.90 Å². The van der Waals surface area contributed by atoms with E-state index in [-0.39, 0.29) is 0 Å². The highest BCUT2D eigenvalue weighted by Gasteiger charge is 2.19. The minimum atomic E-state index is -0.472. The number of aliphatic hydroxyl groups excluding tert-OH is 1. The predicted octanol–water partition coefficient (Wildman–Crippen LogP) is 0.754. The summed E-state index contributed by atoms with van der Waals surface area (Å²) in [5.74, 6) is 0. The Morgan fingerprint density at radius 1 is 1.41 bits per heavy atom. The number of carbonyl (C=O) groups is 1. The maximum absolute atomic E-state index is 10.7. The number of likely N-dealkylation sites (N-methyl/N-ethyl adjacent to an activating group) is 1. The van der Waals surface area contributed by atoms with Gasteiger partial charge in [-0.05, 0) is 30.8 Å². The predicted molar refractivity (Wildman–Crippen MR) is 65.3 cm³/mol. The number of hydrogen-bond donors (Lipinski definition) is 1. The number of benzene rings is 1. The van der Waals surface area contributed by atoms with E-state index in [1.807, 2.05) is 37.2 Å². The van der Waals surface area contributed by atoms with E-state index in [2.05, 4.69) is 0 Å². The zero-order valence-corrected chi connectivity index (χ0v) is 10.3. The maximum atomic E-state index is 10.7. The van der Waals surface area contributed by atoms with Crippen LogP contribution in [0, 0.1) is 0 Å². The molecule has 0 spiro atoms. The molecule has 0 saturated heterocycles. The molecule has 1 aliphatic rings. The molecule has 4 heteroatoms. The van der Waals surface area contributed by atoms with Crippen molar-refractivity contribution in [3.05, 3.63) is 34.9 Å². The highest BCUT2D eigenvalue weighted by atomic mass is 16.3. The molecule has 0 radical (unpaired) electrons. The molecule has 92 valence electrons. The normalized spacial score (nSPS) is 16.1. The van der Waals surface area contributed by atoms with Crippen molar-refractivity contribution < 1.29 is 9.90 Å². The van der Waals surface area contributed by atoms with Crippen LogP contribution >= 0.6 is 0 Å². The Kier molecular flexibility index (Phi) is 3.45. The van der Waals surface area contributed by atoms with Crippen molar-refractivity contribution in [3.8, 4) is 0 Å². The number of hydrogen-bond acceptors (Lipinski definition) is 3. The van der Waals surface area contributed by atoms with Crippen molar-refractivity contribution >= 4 is 6.41 Å². The largest absolute Gasteiger partial charge is 0.387 e. The summed E-state index contributed by atoms with van der Waals surface area (Å²) in [5.41, 5.74) is 3.25. The molecule has 1 amide bonds. The van der Waals surface area contributed by atoms with Crippen molar-refractivity contribution in [2.75, 3.05) is 20.6 Å². The van der Waals surface area contributed by atoms with Gasteiger partial charge >= 0.3 is 0 Å². The van der Waals surface area contributed by atoms with Gasteiger partial charge in [0, 0.05) is 19.6 Å². The summed E-state index contributed by atoms with van der Waals surface area (Å²) in [6.45, 7) is 1.94. The monoisotopic (exact) mass is 234 g/mol. The third-order valence-corrected chi connectivity index (χ3v) is 3.05. The van der Waals surface area contributed by atoms with E-state index in [0.717, 1.165) is 17.5 Å². The molecule has 0 fully saturated rings. The average molecular weight is 234 g/mol. The van der Waals surface area contributed by atoms with Crippen LogP contribution in [0.15, 0.2) is 18.2 Å². The van der Waals surface area contributed by atoms with Gasteiger partial charge in [-0.1, -0.05) is 18.2 Å². The van der Waals surface area contributed by atoms with Gasteiger partial charge in [0.15, 0.2) is 0 Å². The number of carbonyl (C=O) groups excluding carboxylic acids is 1. The fraction of sp³-hybridized carbons (Fsp3) is 0.462. The Labute approximate surface area is 101 Å². The molecule has 2 rings (SSSR count). The van der Waals surface area contributed by atoms with E-state index >= 15 is 0 Å². The number of fused-ring (bicyclic) bond motifs is 1. The van der Waals surface area contributed by atoms with Gasteiger partial charge in [-0.3, -0.25) is 4.79 Å². The Morgan fingerprint density at radius 2 is 2.12 bits per heavy atom. The first-order valence-electron chi connectivity index (χ1n) is 5.74. The lowest BCUT2D eigenvalue weighted by Gasteiger charge is -2.16. The molecule has 1 atom stereocenters. The smallest absolute Gasteiger partial charge is 0.210 e. The minimum Gasteiger partial charge on any atom is -0.387 e. The van der Waals surface area contributed by atoms with E-state index < -0.39 is 6.10 Å². The van der Waals surface area contributed by atoms with Gasteiger partial charge in [-0.25, -0.2) is 0 Å². The molecule has 1 heterocycles. The lowest BCUT2D eigenvalue weighted by molar-refractivity contribution is -0.118. The van der Waals surface area contributed by atoms with Crippen molar-refractivity contribution in [1.29, 1.82) is 0 Å². The molecule has 1 aromatic rings. The molecule has 1 unspecified atom stereocenters. The van der Waals surface area contributed by atoms with Gasteiger partial charge in [0.05, 0.1) is 6.10 Å². The summed E-state index contributed by atoms with van der Waals surface area (Å²) >= 11 is 0. The van der Waals surface area contributed by atoms with Gasteiger partial charge in [-0.15, -0.1) is 0 Å². The number of amides is 1. The molecule has 0 aromatic heterocycles. The zero-order valence-electron chi connectivity index (χ0n) is 10.3. The Morgan fingerprint density at radius 3 is 2.76 bits per heavy atom. The first-order chi connectivity index (χ1) is 8.10. The summed E-state index contributed by atoms with van der Waals surface area (Å²) in [6, 6.07) is 5.96. The van der Waals surface area contributed by atoms with Crippen LogP contribution in [-0.2, 0) is 17.9 Å². The van der Waals surface area contributed by atoms with Crippen molar-refractivity contribution in [3.63, 3.8) is 0 Å². The summed E-state index contributed by atoms with van der Waals surface area (Å²) in [5, 5.41) is 10.0. The van der Waals surface area contributed by atoms with Crippen LogP contribution in [0.1, 0.15) is 22.8 Å². The molecular weight excluding hydrogens is 216 g/mol. The number of aliphatic hydroxyl groups is 1. The quantitative estimate of drug-likeness (QED) is 0.782. The van der Waals surface area contributed by atoms with Gasteiger partial charge in [0.25, 0.3) is 0 Å². The minimum absolute atomic E-state index is 0.472.